The van der Waals surface area contributed by atoms with Crippen molar-refractivity contribution < 1.29 is 4.39 Å². The van der Waals surface area contributed by atoms with Crippen LogP contribution < -0.4 is 5.32 Å². The Balaban J connectivity index is 1.98. The molecular weight excluding hydrogens is 288 g/mol. The molecule has 19 heavy (non-hydrogen) atoms. The highest BCUT2D eigenvalue weighted by molar-refractivity contribution is 6.30. The van der Waals surface area contributed by atoms with Crippen molar-refractivity contribution in [3.8, 4) is 0 Å². The number of aryl methyl sites for hydroxylation is 2. The molecule has 6 heteroatoms. The van der Waals surface area contributed by atoms with Crippen LogP contribution in [0.4, 0.5) is 4.39 Å². The highest BCUT2D eigenvalue weighted by Crippen LogP contribution is 2.19. The maximum Gasteiger partial charge on any atom is 0.141 e. The lowest BCUT2D eigenvalue weighted by atomic mass is 10.2. The molecule has 0 spiro atoms. The van der Waals surface area contributed by atoms with Crippen LogP contribution in [-0.4, -0.2) is 9.78 Å². The molecule has 0 amide bonds. The lowest BCUT2D eigenvalue weighted by molar-refractivity contribution is 0.625. The van der Waals surface area contributed by atoms with Gasteiger partial charge in [0.1, 0.15) is 11.0 Å². The van der Waals surface area contributed by atoms with E-state index in [4.69, 9.17) is 23.2 Å². The minimum atomic E-state index is -0.406. The fraction of sp³-hybridized carbons (Fsp3) is 0.308. The summed E-state index contributed by atoms with van der Waals surface area (Å²) < 4.78 is 14.7. The molecule has 0 aliphatic heterocycles. The van der Waals surface area contributed by atoms with Gasteiger partial charge >= 0.3 is 0 Å². The lowest BCUT2D eigenvalue weighted by Gasteiger charge is -2.06. The van der Waals surface area contributed by atoms with E-state index in [0.29, 0.717) is 18.2 Å². The number of aromatic nitrogens is 2. The van der Waals surface area contributed by atoms with Crippen molar-refractivity contribution in [2.24, 2.45) is 7.05 Å². The second-order valence-corrected chi connectivity index (χ2v) is 5.10. The average molecular weight is 302 g/mol. The van der Waals surface area contributed by atoms with Crippen molar-refractivity contribution in [2.45, 2.75) is 20.0 Å². The van der Waals surface area contributed by atoms with Crippen LogP contribution in [0.3, 0.4) is 0 Å². The van der Waals surface area contributed by atoms with Crippen LogP contribution in [0.2, 0.25) is 10.2 Å². The largest absolute Gasteiger partial charge is 0.308 e. The first-order valence-corrected chi connectivity index (χ1v) is 6.57. The molecule has 2 aromatic rings. The Bertz CT molecular complexity index is 596. The van der Waals surface area contributed by atoms with Gasteiger partial charge < -0.3 is 5.32 Å². The molecule has 0 unspecified atom stereocenters. The zero-order valence-electron chi connectivity index (χ0n) is 10.7. The lowest BCUT2D eigenvalue weighted by Crippen LogP contribution is -2.13. The van der Waals surface area contributed by atoms with Crippen molar-refractivity contribution in [3.05, 3.63) is 51.0 Å². The van der Waals surface area contributed by atoms with Crippen molar-refractivity contribution in [2.75, 3.05) is 0 Å². The molecule has 1 aromatic carbocycles. The predicted octanol–water partition coefficient (Wildman–Crippen LogP) is 3.46. The molecule has 1 N–H and O–H groups in total. The molecule has 0 saturated heterocycles. The van der Waals surface area contributed by atoms with Gasteiger partial charge in [0.25, 0.3) is 0 Å². The fourth-order valence-corrected chi connectivity index (χ4v) is 2.30. The van der Waals surface area contributed by atoms with Crippen LogP contribution in [-0.2, 0) is 20.1 Å². The normalized spacial score (nSPS) is 11.0. The summed E-state index contributed by atoms with van der Waals surface area (Å²) in [5, 5.41) is 8.24. The van der Waals surface area contributed by atoms with Crippen LogP contribution >= 0.6 is 23.2 Å². The van der Waals surface area contributed by atoms with Crippen molar-refractivity contribution in [3.63, 3.8) is 0 Å². The van der Waals surface area contributed by atoms with Crippen molar-refractivity contribution in [1.82, 2.24) is 15.1 Å². The highest BCUT2D eigenvalue weighted by atomic mass is 35.5. The molecule has 1 aromatic heterocycles. The molecule has 0 aliphatic rings. The van der Waals surface area contributed by atoms with Gasteiger partial charge in [0.05, 0.1) is 10.7 Å². The van der Waals surface area contributed by atoms with E-state index in [1.54, 1.807) is 23.9 Å². The first-order valence-electron chi connectivity index (χ1n) is 5.81. The molecule has 102 valence electrons. The summed E-state index contributed by atoms with van der Waals surface area (Å²) in [7, 11) is 1.80. The Kier molecular flexibility index (Phi) is 4.45. The number of halogens is 3. The molecule has 0 aliphatic carbocycles. The Morgan fingerprint density at radius 3 is 2.63 bits per heavy atom. The summed E-state index contributed by atoms with van der Waals surface area (Å²) in [6.07, 6.45) is 0. The predicted molar refractivity (Wildman–Crippen MR) is 74.9 cm³/mol. The third kappa shape index (κ3) is 3.26. The molecular formula is C13H14Cl2FN3. The van der Waals surface area contributed by atoms with Gasteiger partial charge in [-0.25, -0.2) is 4.39 Å². The molecule has 3 nitrogen and oxygen atoms in total. The van der Waals surface area contributed by atoms with Crippen LogP contribution in [0.25, 0.3) is 0 Å². The Labute approximate surface area is 121 Å². The van der Waals surface area contributed by atoms with Gasteiger partial charge in [-0.15, -0.1) is 0 Å². The molecule has 2 rings (SSSR count). The van der Waals surface area contributed by atoms with Gasteiger partial charge in [0.2, 0.25) is 0 Å². The van der Waals surface area contributed by atoms with E-state index in [9.17, 15) is 4.39 Å². The minimum absolute atomic E-state index is 0.134. The Morgan fingerprint density at radius 1 is 1.32 bits per heavy atom. The zero-order valence-corrected chi connectivity index (χ0v) is 12.2. The van der Waals surface area contributed by atoms with Gasteiger partial charge in [-0.05, 0) is 24.6 Å². The Morgan fingerprint density at radius 2 is 2.05 bits per heavy atom. The second kappa shape index (κ2) is 5.90. The minimum Gasteiger partial charge on any atom is -0.308 e. The van der Waals surface area contributed by atoms with Gasteiger partial charge in [0, 0.05) is 25.7 Å². The topological polar surface area (TPSA) is 29.9 Å². The molecule has 0 bridgehead atoms. The van der Waals surface area contributed by atoms with E-state index >= 15 is 0 Å². The van der Waals surface area contributed by atoms with E-state index in [2.05, 4.69) is 10.4 Å². The summed E-state index contributed by atoms with van der Waals surface area (Å²) >= 11 is 11.9. The molecule has 0 atom stereocenters. The number of rotatable bonds is 4. The quantitative estimate of drug-likeness (QED) is 0.937. The number of nitrogens with zero attached hydrogens (tertiary/aromatic N) is 2. The van der Waals surface area contributed by atoms with Gasteiger partial charge in [0.15, 0.2) is 0 Å². The maximum atomic E-state index is 13.0. The molecule has 0 fully saturated rings. The molecule has 1 heterocycles. The number of hydrogen-bond donors (Lipinski definition) is 1. The molecule has 0 radical (unpaired) electrons. The Hall–Kier alpha value is -1.10. The van der Waals surface area contributed by atoms with Crippen LogP contribution in [0, 0.1) is 12.7 Å². The number of benzene rings is 1. The van der Waals surface area contributed by atoms with E-state index in [0.717, 1.165) is 16.8 Å². The van der Waals surface area contributed by atoms with Gasteiger partial charge in [-0.2, -0.15) is 5.10 Å². The van der Waals surface area contributed by atoms with E-state index in [1.165, 1.54) is 6.07 Å². The maximum absolute atomic E-state index is 13.0. The summed E-state index contributed by atoms with van der Waals surface area (Å²) in [5.74, 6) is -0.406. The smallest absolute Gasteiger partial charge is 0.141 e. The summed E-state index contributed by atoms with van der Waals surface area (Å²) in [4.78, 5) is 0. The van der Waals surface area contributed by atoms with Crippen LogP contribution in [0.15, 0.2) is 18.2 Å². The van der Waals surface area contributed by atoms with Gasteiger partial charge in [-0.3, -0.25) is 4.68 Å². The van der Waals surface area contributed by atoms with Crippen molar-refractivity contribution >= 4 is 23.2 Å². The summed E-state index contributed by atoms with van der Waals surface area (Å²) in [6, 6.07) is 4.68. The van der Waals surface area contributed by atoms with Crippen LogP contribution in [0.1, 0.15) is 16.8 Å². The summed E-state index contributed by atoms with van der Waals surface area (Å²) in [6.45, 7) is 3.11. The number of hydrogen-bond acceptors (Lipinski definition) is 2. The highest BCUT2D eigenvalue weighted by Gasteiger charge is 2.10. The monoisotopic (exact) mass is 301 g/mol. The van der Waals surface area contributed by atoms with Crippen molar-refractivity contribution in [1.29, 1.82) is 0 Å². The fourth-order valence-electron chi connectivity index (χ4n) is 1.86. The van der Waals surface area contributed by atoms with E-state index in [1.807, 2.05) is 6.92 Å². The van der Waals surface area contributed by atoms with E-state index in [-0.39, 0.29) is 5.02 Å². The number of nitrogens with one attached hydrogen (secondary N) is 1. The van der Waals surface area contributed by atoms with Gasteiger partial charge in [-0.1, -0.05) is 29.3 Å². The molecule has 0 saturated carbocycles. The SMILES string of the molecule is Cc1nn(C)c(Cl)c1CNCc1ccc(F)c(Cl)c1. The standard InChI is InChI=1S/C13H14Cl2FN3/c1-8-10(13(15)19(2)18-8)7-17-6-9-3-4-12(16)11(14)5-9/h3-5,17H,6-7H2,1-2H3. The zero-order chi connectivity index (χ0) is 14.0. The third-order valence-electron chi connectivity index (χ3n) is 2.88. The van der Waals surface area contributed by atoms with E-state index < -0.39 is 5.82 Å². The third-order valence-corrected chi connectivity index (χ3v) is 3.65. The summed E-state index contributed by atoms with van der Waals surface area (Å²) in [5.41, 5.74) is 2.79. The average Bonchev–Trinajstić information content (AvgIpc) is 2.60. The first-order chi connectivity index (χ1) is 8.99. The first kappa shape index (κ1) is 14.3. The second-order valence-electron chi connectivity index (χ2n) is 4.33. The van der Waals surface area contributed by atoms with Crippen LogP contribution in [0.5, 0.6) is 0 Å².